The van der Waals surface area contributed by atoms with Crippen molar-refractivity contribution in [2.24, 2.45) is 13.0 Å². The van der Waals surface area contributed by atoms with Gasteiger partial charge in [-0.2, -0.15) is 0 Å². The van der Waals surface area contributed by atoms with Crippen molar-refractivity contribution in [2.75, 3.05) is 24.7 Å². The molecule has 0 saturated heterocycles. The zero-order valence-corrected chi connectivity index (χ0v) is 18.2. The molecule has 2 heterocycles. The molecule has 2 aromatic heterocycles. The Hall–Kier alpha value is -4.35. The van der Waals surface area contributed by atoms with Gasteiger partial charge in [-0.05, 0) is 18.9 Å². The zero-order chi connectivity index (χ0) is 26.9. The number of methoxy groups -OCH3 is 1. The van der Waals surface area contributed by atoms with E-state index in [0.29, 0.717) is 0 Å². The Kier molecular flexibility index (Phi) is 5.21. The number of nitrogens with zero attached hydrogens (tertiary/aromatic N) is 4. The molecule has 3 N–H and O–H groups in total. The molecule has 0 atom stereocenters. The Morgan fingerprint density at radius 1 is 1.21 bits per heavy atom. The van der Waals surface area contributed by atoms with Crippen LogP contribution >= 0.6 is 0 Å². The number of carbonyl (C=O) groups is 2. The number of rotatable bonds is 7. The third-order valence-corrected chi connectivity index (χ3v) is 5.10. The quantitative estimate of drug-likeness (QED) is 0.475. The van der Waals surface area contributed by atoms with E-state index in [2.05, 4.69) is 25.8 Å². The van der Waals surface area contributed by atoms with Gasteiger partial charge in [0, 0.05) is 47.8 Å². The predicted octanol–water partition coefficient (Wildman–Crippen LogP) is 1.84. The average molecular weight is 470 g/mol. The number of halogens is 1. The van der Waals surface area contributed by atoms with E-state index in [-0.39, 0.29) is 51.6 Å². The maximum atomic E-state index is 14.7. The van der Waals surface area contributed by atoms with E-state index < -0.39 is 24.4 Å². The SMILES string of the molecule is [2H]C([2H])([2H])NC(=O)c1nnc(NC(=O)C2CC2)cc1Nc1cc(F)cc(-c2cc(=O)n(C)cn2)c1OC. The molecule has 34 heavy (non-hydrogen) atoms. The molecular weight excluding hydrogens is 445 g/mol. The van der Waals surface area contributed by atoms with Crippen molar-refractivity contribution in [2.45, 2.75) is 12.8 Å². The fourth-order valence-corrected chi connectivity index (χ4v) is 3.20. The largest absolute Gasteiger partial charge is 0.494 e. The molecule has 0 radical (unpaired) electrons. The molecule has 0 bridgehead atoms. The molecule has 2 amide bonds. The summed E-state index contributed by atoms with van der Waals surface area (Å²) >= 11 is 0. The molecule has 11 nitrogen and oxygen atoms in total. The van der Waals surface area contributed by atoms with Gasteiger partial charge >= 0.3 is 0 Å². The van der Waals surface area contributed by atoms with Crippen molar-refractivity contribution >= 4 is 29.0 Å². The highest BCUT2D eigenvalue weighted by atomic mass is 19.1. The first-order valence-electron chi connectivity index (χ1n) is 11.6. The molecule has 0 spiro atoms. The standard InChI is InChI=1S/C22H22FN7O4/c1-24-22(33)19-15(8-17(28-29-19)27-21(32)11-4-5-11)26-16-7-12(23)6-13(20(16)34-3)14-9-18(31)30(2)10-25-14/h6-11H,4-5H2,1-3H3,(H,24,33)(H2,26,27,28,32)/i1D3. The van der Waals surface area contributed by atoms with E-state index in [1.807, 2.05) is 5.32 Å². The second-order valence-electron chi connectivity index (χ2n) is 7.59. The lowest BCUT2D eigenvalue weighted by atomic mass is 10.1. The molecule has 4 rings (SSSR count). The summed E-state index contributed by atoms with van der Waals surface area (Å²) in [5.41, 5.74) is -0.623. The van der Waals surface area contributed by atoms with E-state index in [0.717, 1.165) is 25.0 Å². The van der Waals surface area contributed by atoms with Crippen LogP contribution in [0, 0.1) is 11.7 Å². The molecule has 12 heteroatoms. The number of ether oxygens (including phenoxy) is 1. The van der Waals surface area contributed by atoms with Crippen molar-refractivity contribution in [3.8, 4) is 17.0 Å². The minimum absolute atomic E-state index is 0.00588. The molecule has 1 aliphatic rings. The third-order valence-electron chi connectivity index (χ3n) is 5.10. The predicted molar refractivity (Wildman–Crippen MR) is 121 cm³/mol. The topological polar surface area (TPSA) is 140 Å². The molecular formula is C22H22FN7O4. The highest BCUT2D eigenvalue weighted by molar-refractivity contribution is 6.00. The molecule has 1 aliphatic carbocycles. The van der Waals surface area contributed by atoms with Crippen LogP contribution in [0.3, 0.4) is 0 Å². The van der Waals surface area contributed by atoms with Crippen molar-refractivity contribution in [3.05, 3.63) is 52.5 Å². The zero-order valence-electron chi connectivity index (χ0n) is 21.2. The highest BCUT2D eigenvalue weighted by Crippen LogP contribution is 2.38. The monoisotopic (exact) mass is 470 g/mol. The van der Waals surface area contributed by atoms with E-state index in [9.17, 15) is 18.8 Å². The van der Waals surface area contributed by atoms with E-state index >= 15 is 0 Å². The van der Waals surface area contributed by atoms with Crippen LogP contribution in [0.4, 0.5) is 21.6 Å². The normalized spacial score (nSPS) is 14.4. The van der Waals surface area contributed by atoms with E-state index in [1.54, 1.807) is 0 Å². The number of hydrogen-bond donors (Lipinski definition) is 3. The lowest BCUT2D eigenvalue weighted by molar-refractivity contribution is -0.117. The molecule has 3 aromatic rings. The van der Waals surface area contributed by atoms with Crippen LogP contribution in [-0.2, 0) is 11.8 Å². The Balaban J connectivity index is 1.79. The van der Waals surface area contributed by atoms with Gasteiger partial charge in [0.15, 0.2) is 17.3 Å². The third kappa shape index (κ3) is 4.70. The Labute approximate surface area is 197 Å². The summed E-state index contributed by atoms with van der Waals surface area (Å²) in [7, 11) is 2.83. The van der Waals surface area contributed by atoms with Crippen molar-refractivity contribution in [1.82, 2.24) is 25.1 Å². The van der Waals surface area contributed by atoms with Gasteiger partial charge in [0.05, 0.1) is 30.5 Å². The molecule has 1 fully saturated rings. The minimum Gasteiger partial charge on any atom is -0.494 e. The molecule has 1 saturated carbocycles. The van der Waals surface area contributed by atoms with Crippen LogP contribution < -0.4 is 26.2 Å². The first kappa shape index (κ1) is 19.1. The molecule has 176 valence electrons. The van der Waals surface area contributed by atoms with Crippen LogP contribution in [-0.4, -0.2) is 45.6 Å². The number of benzene rings is 1. The number of anilines is 3. The van der Waals surface area contributed by atoms with Crippen molar-refractivity contribution in [1.29, 1.82) is 0 Å². The minimum atomic E-state index is -2.82. The van der Waals surface area contributed by atoms with E-state index in [1.165, 1.54) is 37.2 Å². The summed E-state index contributed by atoms with van der Waals surface area (Å²) in [5, 5.41) is 14.8. The van der Waals surface area contributed by atoms with Gasteiger partial charge in [0.25, 0.3) is 11.5 Å². The summed E-state index contributed by atoms with van der Waals surface area (Å²) in [5.74, 6) is -2.16. The van der Waals surface area contributed by atoms with Crippen LogP contribution in [0.25, 0.3) is 11.3 Å². The van der Waals surface area contributed by atoms with Crippen LogP contribution in [0.2, 0.25) is 0 Å². The maximum Gasteiger partial charge on any atom is 0.273 e. The molecule has 0 aliphatic heterocycles. The fourth-order valence-electron chi connectivity index (χ4n) is 3.20. The summed E-state index contributed by atoms with van der Waals surface area (Å²) in [6, 6.07) is 4.66. The smallest absolute Gasteiger partial charge is 0.273 e. The lowest BCUT2D eigenvalue weighted by Gasteiger charge is -2.17. The number of nitrogens with one attached hydrogen (secondary N) is 3. The Morgan fingerprint density at radius 2 is 2.00 bits per heavy atom. The van der Waals surface area contributed by atoms with Crippen LogP contribution in [0.1, 0.15) is 27.4 Å². The van der Waals surface area contributed by atoms with Gasteiger partial charge in [-0.3, -0.25) is 14.4 Å². The Bertz CT molecular complexity index is 1440. The van der Waals surface area contributed by atoms with Crippen molar-refractivity contribution < 1.29 is 22.8 Å². The second-order valence-corrected chi connectivity index (χ2v) is 7.59. The summed E-state index contributed by atoms with van der Waals surface area (Å²) in [6.07, 6.45) is 2.75. The molecule has 1 aromatic carbocycles. The van der Waals surface area contributed by atoms with Crippen molar-refractivity contribution in [3.63, 3.8) is 0 Å². The number of carbonyl (C=O) groups excluding carboxylic acids is 2. The van der Waals surface area contributed by atoms with Crippen LogP contribution in [0.5, 0.6) is 5.75 Å². The summed E-state index contributed by atoms with van der Waals surface area (Å²) in [4.78, 5) is 41.1. The van der Waals surface area contributed by atoms with Gasteiger partial charge < -0.3 is 25.3 Å². The van der Waals surface area contributed by atoms with Gasteiger partial charge in [-0.25, -0.2) is 9.37 Å². The van der Waals surface area contributed by atoms with Gasteiger partial charge in [0.2, 0.25) is 5.91 Å². The summed E-state index contributed by atoms with van der Waals surface area (Å²) in [6.45, 7) is -2.82. The second kappa shape index (κ2) is 9.25. The number of aromatic nitrogens is 4. The van der Waals surface area contributed by atoms with Gasteiger partial charge in [-0.1, -0.05) is 0 Å². The summed E-state index contributed by atoms with van der Waals surface area (Å²) < 4.78 is 43.3. The average Bonchev–Trinajstić information content (AvgIpc) is 3.65. The first-order chi connectivity index (χ1) is 17.4. The lowest BCUT2D eigenvalue weighted by Crippen LogP contribution is -2.22. The number of amides is 2. The fraction of sp³-hybridized carbons (Fsp3) is 0.273. The first-order valence-corrected chi connectivity index (χ1v) is 10.1. The van der Waals surface area contributed by atoms with E-state index in [4.69, 9.17) is 8.85 Å². The van der Waals surface area contributed by atoms with Crippen LogP contribution in [0.15, 0.2) is 35.4 Å². The maximum absolute atomic E-state index is 14.7. The number of hydrogen-bond acceptors (Lipinski definition) is 8. The van der Waals surface area contributed by atoms with Gasteiger partial charge in [0.1, 0.15) is 5.82 Å². The highest BCUT2D eigenvalue weighted by Gasteiger charge is 2.30. The Morgan fingerprint density at radius 3 is 2.68 bits per heavy atom. The molecule has 0 unspecified atom stereocenters. The number of aryl methyl sites for hydroxylation is 1. The van der Waals surface area contributed by atoms with Gasteiger partial charge in [-0.15, -0.1) is 10.2 Å².